The Kier molecular flexibility index (Phi) is 3.26. The Bertz CT molecular complexity index is 623. The van der Waals surface area contributed by atoms with Gasteiger partial charge >= 0.3 is 0 Å². The van der Waals surface area contributed by atoms with E-state index in [2.05, 4.69) is 0 Å². The van der Waals surface area contributed by atoms with E-state index in [0.717, 1.165) is 16.7 Å². The minimum atomic E-state index is -0.571. The monoisotopic (exact) mass is 261 g/mol. The smallest absolute Gasteiger partial charge is 0.250 e. The molecule has 3 nitrogen and oxygen atoms in total. The number of aromatic hydroxyl groups is 1. The van der Waals surface area contributed by atoms with Crippen molar-refractivity contribution in [1.29, 1.82) is 0 Å². The Balaban J connectivity index is 2.54. The van der Waals surface area contributed by atoms with Crippen molar-refractivity contribution < 1.29 is 9.90 Å². The van der Waals surface area contributed by atoms with Crippen LogP contribution in [0.5, 0.6) is 5.75 Å². The number of carbonyl (C=O) groups is 1. The van der Waals surface area contributed by atoms with Gasteiger partial charge in [0.15, 0.2) is 0 Å². The van der Waals surface area contributed by atoms with Gasteiger partial charge < -0.3 is 10.8 Å². The Morgan fingerprint density at radius 2 is 1.78 bits per heavy atom. The molecule has 1 amide bonds. The van der Waals surface area contributed by atoms with Crippen molar-refractivity contribution in [3.05, 3.63) is 52.5 Å². The lowest BCUT2D eigenvalue weighted by Gasteiger charge is -2.07. The van der Waals surface area contributed by atoms with E-state index in [4.69, 9.17) is 17.3 Å². The molecule has 2 rings (SSSR count). The highest BCUT2D eigenvalue weighted by atomic mass is 35.5. The molecule has 0 aliphatic rings. The Morgan fingerprint density at radius 3 is 2.39 bits per heavy atom. The number of hydrogen-bond donors (Lipinski definition) is 2. The van der Waals surface area contributed by atoms with E-state index in [0.29, 0.717) is 5.02 Å². The minimum Gasteiger partial charge on any atom is -0.508 e. The molecule has 92 valence electrons. The lowest BCUT2D eigenvalue weighted by atomic mass is 10.0. The fourth-order valence-corrected chi connectivity index (χ4v) is 1.89. The molecule has 0 heterocycles. The van der Waals surface area contributed by atoms with Crippen LogP contribution < -0.4 is 5.73 Å². The van der Waals surface area contributed by atoms with Crippen molar-refractivity contribution in [1.82, 2.24) is 0 Å². The van der Waals surface area contributed by atoms with Gasteiger partial charge in [-0.1, -0.05) is 29.8 Å². The van der Waals surface area contributed by atoms with Crippen LogP contribution in [-0.2, 0) is 0 Å². The molecule has 0 aliphatic heterocycles. The largest absolute Gasteiger partial charge is 0.508 e. The molecule has 0 spiro atoms. The third-order valence-electron chi connectivity index (χ3n) is 2.77. The number of halogens is 1. The summed E-state index contributed by atoms with van der Waals surface area (Å²) in [5.74, 6) is -0.360. The van der Waals surface area contributed by atoms with Crippen LogP contribution in [0.2, 0.25) is 5.02 Å². The lowest BCUT2D eigenvalue weighted by Crippen LogP contribution is -2.11. The molecule has 3 N–H and O–H groups in total. The van der Waals surface area contributed by atoms with E-state index in [1.54, 1.807) is 24.3 Å². The fourth-order valence-electron chi connectivity index (χ4n) is 1.68. The number of primary amides is 1. The van der Waals surface area contributed by atoms with Crippen molar-refractivity contribution >= 4 is 17.5 Å². The number of nitrogens with two attached hydrogens (primary N) is 1. The number of carbonyl (C=O) groups excluding carboxylic acids is 1. The Labute approximate surface area is 110 Å². The van der Waals surface area contributed by atoms with Gasteiger partial charge in [0.05, 0.1) is 10.6 Å². The molecule has 0 fully saturated rings. The van der Waals surface area contributed by atoms with Crippen LogP contribution in [0, 0.1) is 6.92 Å². The standard InChI is InChI=1S/C14H12ClNO2/c1-8-2-3-10(7-13(8)17)9-4-5-12(15)11(6-9)14(16)18/h2-7,17H,1H3,(H2,16,18). The number of benzene rings is 2. The molecule has 0 aliphatic carbocycles. The van der Waals surface area contributed by atoms with E-state index in [1.165, 1.54) is 0 Å². The molecule has 0 unspecified atom stereocenters. The zero-order valence-electron chi connectivity index (χ0n) is 9.77. The summed E-state index contributed by atoms with van der Waals surface area (Å²) in [4.78, 5) is 11.2. The molecule has 0 atom stereocenters. The SMILES string of the molecule is Cc1ccc(-c2ccc(Cl)c(C(N)=O)c2)cc1O. The topological polar surface area (TPSA) is 63.3 Å². The minimum absolute atomic E-state index is 0.211. The van der Waals surface area contributed by atoms with Gasteiger partial charge in [-0.05, 0) is 41.8 Å². The summed E-state index contributed by atoms with van der Waals surface area (Å²) in [6, 6.07) is 10.3. The van der Waals surface area contributed by atoms with Crippen LogP contribution in [-0.4, -0.2) is 11.0 Å². The predicted molar refractivity (Wildman–Crippen MR) is 71.8 cm³/mol. The first kappa shape index (κ1) is 12.5. The summed E-state index contributed by atoms with van der Waals surface area (Å²) < 4.78 is 0. The Hall–Kier alpha value is -2.00. The van der Waals surface area contributed by atoms with Crippen molar-refractivity contribution in [2.24, 2.45) is 5.73 Å². The second-order valence-corrected chi connectivity index (χ2v) is 4.47. The van der Waals surface area contributed by atoms with Crippen LogP contribution in [0.25, 0.3) is 11.1 Å². The average Bonchev–Trinajstić information content (AvgIpc) is 2.33. The molecule has 4 heteroatoms. The number of phenols is 1. The van der Waals surface area contributed by atoms with Gasteiger partial charge in [0, 0.05) is 0 Å². The highest BCUT2D eigenvalue weighted by Crippen LogP contribution is 2.28. The first-order valence-electron chi connectivity index (χ1n) is 5.38. The third-order valence-corrected chi connectivity index (χ3v) is 3.10. The molecule has 0 saturated carbocycles. The zero-order chi connectivity index (χ0) is 13.3. The maximum absolute atomic E-state index is 11.2. The quantitative estimate of drug-likeness (QED) is 0.872. The number of aryl methyl sites for hydroxylation is 1. The van der Waals surface area contributed by atoms with Crippen LogP contribution in [0.1, 0.15) is 15.9 Å². The number of amides is 1. The second-order valence-electron chi connectivity index (χ2n) is 4.06. The van der Waals surface area contributed by atoms with Gasteiger partial charge in [0.2, 0.25) is 5.91 Å². The molecule has 0 aromatic heterocycles. The van der Waals surface area contributed by atoms with Crippen molar-refractivity contribution in [2.75, 3.05) is 0 Å². The summed E-state index contributed by atoms with van der Waals surface area (Å²) in [6.07, 6.45) is 0. The first-order valence-corrected chi connectivity index (χ1v) is 5.76. The van der Waals surface area contributed by atoms with Crippen LogP contribution in [0.3, 0.4) is 0 Å². The van der Waals surface area contributed by atoms with Gasteiger partial charge in [-0.15, -0.1) is 0 Å². The molecule has 0 saturated heterocycles. The lowest BCUT2D eigenvalue weighted by molar-refractivity contribution is 0.100. The highest BCUT2D eigenvalue weighted by molar-refractivity contribution is 6.33. The fraction of sp³-hybridized carbons (Fsp3) is 0.0714. The summed E-state index contributed by atoms with van der Waals surface area (Å²) >= 11 is 5.88. The van der Waals surface area contributed by atoms with E-state index < -0.39 is 5.91 Å². The normalized spacial score (nSPS) is 10.3. The third kappa shape index (κ3) is 2.31. The summed E-state index contributed by atoms with van der Waals surface area (Å²) in [6.45, 7) is 1.82. The van der Waals surface area contributed by atoms with Crippen LogP contribution >= 0.6 is 11.6 Å². The predicted octanol–water partition coefficient (Wildman–Crippen LogP) is 3.12. The summed E-state index contributed by atoms with van der Waals surface area (Å²) in [7, 11) is 0. The van der Waals surface area contributed by atoms with Gasteiger partial charge in [-0.2, -0.15) is 0 Å². The summed E-state index contributed by atoms with van der Waals surface area (Å²) in [5, 5.41) is 10.00. The molecule has 18 heavy (non-hydrogen) atoms. The molecular formula is C14H12ClNO2. The van der Waals surface area contributed by atoms with Crippen LogP contribution in [0.4, 0.5) is 0 Å². The average molecular weight is 262 g/mol. The zero-order valence-corrected chi connectivity index (χ0v) is 10.5. The number of hydrogen-bond acceptors (Lipinski definition) is 2. The van der Waals surface area contributed by atoms with Gasteiger partial charge in [-0.25, -0.2) is 0 Å². The molecule has 2 aromatic carbocycles. The maximum atomic E-state index is 11.2. The first-order chi connectivity index (χ1) is 8.49. The van der Waals surface area contributed by atoms with E-state index in [9.17, 15) is 9.90 Å². The van der Waals surface area contributed by atoms with Crippen molar-refractivity contribution in [3.8, 4) is 16.9 Å². The van der Waals surface area contributed by atoms with Crippen molar-refractivity contribution in [3.63, 3.8) is 0 Å². The van der Waals surface area contributed by atoms with Crippen LogP contribution in [0.15, 0.2) is 36.4 Å². The van der Waals surface area contributed by atoms with E-state index in [-0.39, 0.29) is 11.3 Å². The summed E-state index contributed by atoms with van der Waals surface area (Å²) in [5.41, 5.74) is 7.89. The highest BCUT2D eigenvalue weighted by Gasteiger charge is 2.09. The van der Waals surface area contributed by atoms with Gasteiger partial charge in [-0.3, -0.25) is 4.79 Å². The number of phenolic OH excluding ortho intramolecular Hbond substituents is 1. The Morgan fingerprint density at radius 1 is 1.17 bits per heavy atom. The van der Waals surface area contributed by atoms with Gasteiger partial charge in [0.1, 0.15) is 5.75 Å². The number of rotatable bonds is 2. The molecular weight excluding hydrogens is 250 g/mol. The van der Waals surface area contributed by atoms with E-state index in [1.807, 2.05) is 19.1 Å². The maximum Gasteiger partial charge on any atom is 0.250 e. The van der Waals surface area contributed by atoms with E-state index >= 15 is 0 Å². The van der Waals surface area contributed by atoms with Gasteiger partial charge in [0.25, 0.3) is 0 Å². The molecule has 2 aromatic rings. The molecule has 0 radical (unpaired) electrons. The second kappa shape index (κ2) is 4.70. The molecule has 0 bridgehead atoms. The van der Waals surface area contributed by atoms with Crippen molar-refractivity contribution in [2.45, 2.75) is 6.92 Å².